The van der Waals surface area contributed by atoms with Crippen LogP contribution in [-0.4, -0.2) is 18.7 Å². The van der Waals surface area contributed by atoms with Gasteiger partial charge in [0.05, 0.1) is 6.54 Å². The van der Waals surface area contributed by atoms with Gasteiger partial charge in [-0.1, -0.05) is 6.07 Å². The second-order valence-corrected chi connectivity index (χ2v) is 6.13. The number of hydrogen-bond donors (Lipinski definition) is 0. The van der Waals surface area contributed by atoms with Crippen molar-refractivity contribution in [2.45, 2.75) is 13.5 Å². The number of aromatic nitrogens is 4. The summed E-state index contributed by atoms with van der Waals surface area (Å²) in [6.07, 6.45) is 0. The summed E-state index contributed by atoms with van der Waals surface area (Å²) in [4.78, 5) is 28.7. The van der Waals surface area contributed by atoms with Crippen molar-refractivity contribution in [3.63, 3.8) is 0 Å². The molecule has 0 unspecified atom stereocenters. The van der Waals surface area contributed by atoms with Crippen molar-refractivity contribution in [2.24, 2.45) is 14.1 Å². The monoisotopic (exact) mass is 380 g/mol. The van der Waals surface area contributed by atoms with Gasteiger partial charge in [-0.05, 0) is 46.1 Å². The van der Waals surface area contributed by atoms with Crippen LogP contribution in [0.3, 0.4) is 0 Å². The maximum atomic E-state index is 13.5. The zero-order valence-corrected chi connectivity index (χ0v) is 14.4. The van der Waals surface area contributed by atoms with Crippen molar-refractivity contribution in [2.75, 3.05) is 0 Å². The molecule has 3 aromatic rings. The van der Waals surface area contributed by atoms with Crippen molar-refractivity contribution in [3.8, 4) is 0 Å². The Hall–Kier alpha value is -2.22. The lowest BCUT2D eigenvalue weighted by atomic mass is 10.1. The smallest absolute Gasteiger partial charge is 0.308 e. The molecule has 0 aliphatic heterocycles. The van der Waals surface area contributed by atoms with Gasteiger partial charge in [-0.3, -0.25) is 13.9 Å². The lowest BCUT2D eigenvalue weighted by Gasteiger charge is -2.10. The van der Waals surface area contributed by atoms with Crippen LogP contribution in [0.2, 0.25) is 0 Å². The number of rotatable bonds is 2. The topological polar surface area (TPSA) is 61.8 Å². The summed E-state index contributed by atoms with van der Waals surface area (Å²) in [5, 5.41) is 0. The van der Waals surface area contributed by atoms with Crippen LogP contribution < -0.4 is 11.2 Å². The molecule has 8 heteroatoms. The van der Waals surface area contributed by atoms with E-state index in [0.29, 0.717) is 15.9 Å². The summed E-state index contributed by atoms with van der Waals surface area (Å²) >= 11 is 3.32. The summed E-state index contributed by atoms with van der Waals surface area (Å²) < 4.78 is 17.9. The van der Waals surface area contributed by atoms with E-state index >= 15 is 0 Å². The van der Waals surface area contributed by atoms with Crippen LogP contribution in [0.5, 0.6) is 0 Å². The zero-order valence-electron chi connectivity index (χ0n) is 12.8. The van der Waals surface area contributed by atoms with Gasteiger partial charge in [-0.15, -0.1) is 0 Å². The molecular formula is C15H14BrFN4O2. The van der Waals surface area contributed by atoms with Crippen molar-refractivity contribution in [1.29, 1.82) is 0 Å². The molecule has 23 heavy (non-hydrogen) atoms. The molecule has 0 fully saturated rings. The minimum Gasteiger partial charge on any atom is -0.308 e. The molecular weight excluding hydrogens is 367 g/mol. The lowest BCUT2D eigenvalue weighted by molar-refractivity contribution is 0.622. The number of imidazole rings is 1. The predicted octanol–water partition coefficient (Wildman–Crippen LogP) is 1.69. The molecule has 0 aliphatic carbocycles. The van der Waals surface area contributed by atoms with E-state index in [1.807, 2.05) is 6.92 Å². The average Bonchev–Trinajstić information content (AvgIpc) is 2.84. The molecule has 1 aromatic carbocycles. The molecule has 3 rings (SSSR count). The summed E-state index contributed by atoms with van der Waals surface area (Å²) in [6.45, 7) is 2.14. The molecule has 0 saturated carbocycles. The van der Waals surface area contributed by atoms with Gasteiger partial charge in [0.1, 0.15) is 5.82 Å². The molecule has 2 heterocycles. The fourth-order valence-electron chi connectivity index (χ4n) is 2.54. The molecule has 0 radical (unpaired) electrons. The molecule has 6 nitrogen and oxygen atoms in total. The Balaban J connectivity index is 2.31. The number of hydrogen-bond acceptors (Lipinski definition) is 3. The van der Waals surface area contributed by atoms with E-state index in [2.05, 4.69) is 20.9 Å². The normalized spacial score (nSPS) is 11.3. The number of halogens is 2. The molecule has 2 aromatic heterocycles. The Morgan fingerprint density at radius 1 is 1.22 bits per heavy atom. The minimum absolute atomic E-state index is 0.272. The number of fused-ring (bicyclic) bond motifs is 1. The van der Waals surface area contributed by atoms with E-state index in [9.17, 15) is 14.0 Å². The lowest BCUT2D eigenvalue weighted by Crippen LogP contribution is -2.37. The number of nitrogens with zero attached hydrogens (tertiary/aromatic N) is 4. The second kappa shape index (κ2) is 5.45. The Morgan fingerprint density at radius 2 is 1.91 bits per heavy atom. The van der Waals surface area contributed by atoms with Crippen LogP contribution in [0.4, 0.5) is 4.39 Å². The first-order valence-electron chi connectivity index (χ1n) is 6.88. The molecule has 120 valence electrons. The van der Waals surface area contributed by atoms with E-state index in [1.165, 1.54) is 23.7 Å². The van der Waals surface area contributed by atoms with Crippen LogP contribution in [0.25, 0.3) is 11.2 Å². The van der Waals surface area contributed by atoms with Crippen LogP contribution in [0, 0.1) is 12.7 Å². The first-order valence-corrected chi connectivity index (χ1v) is 7.67. The maximum absolute atomic E-state index is 13.5. The van der Waals surface area contributed by atoms with E-state index in [4.69, 9.17) is 0 Å². The first-order chi connectivity index (χ1) is 10.8. The highest BCUT2D eigenvalue weighted by Gasteiger charge is 2.18. The highest BCUT2D eigenvalue weighted by Crippen LogP contribution is 2.20. The third-order valence-electron chi connectivity index (χ3n) is 3.94. The van der Waals surface area contributed by atoms with Gasteiger partial charge < -0.3 is 4.57 Å². The second-order valence-electron chi connectivity index (χ2n) is 5.42. The fraction of sp³-hybridized carbons (Fsp3) is 0.267. The van der Waals surface area contributed by atoms with Crippen LogP contribution >= 0.6 is 15.9 Å². The molecule has 0 amide bonds. The molecule has 0 spiro atoms. The molecule has 0 aliphatic rings. The van der Waals surface area contributed by atoms with Gasteiger partial charge in [-0.2, -0.15) is 0 Å². The van der Waals surface area contributed by atoms with Gasteiger partial charge in [0, 0.05) is 14.1 Å². The standard InChI is InChI=1S/C15H14BrFN4O2/c1-8-4-5-10(17)6-9(8)7-21-11-12(18-14(21)16)19(2)15(23)20(3)13(11)22/h4-6H,7H2,1-3H3. The van der Waals surface area contributed by atoms with Gasteiger partial charge >= 0.3 is 5.69 Å². The van der Waals surface area contributed by atoms with Crippen molar-refractivity contribution < 1.29 is 4.39 Å². The average molecular weight is 381 g/mol. The largest absolute Gasteiger partial charge is 0.332 e. The SMILES string of the molecule is Cc1ccc(F)cc1Cn1c(Br)nc2c1c(=O)n(C)c(=O)n2C. The molecule has 0 saturated heterocycles. The molecule has 0 bridgehead atoms. The van der Waals surface area contributed by atoms with Gasteiger partial charge in [0.2, 0.25) is 0 Å². The molecule has 0 atom stereocenters. The summed E-state index contributed by atoms with van der Waals surface area (Å²) in [7, 11) is 2.98. The van der Waals surface area contributed by atoms with Gasteiger partial charge in [0.25, 0.3) is 5.56 Å². The van der Waals surface area contributed by atoms with Crippen LogP contribution in [-0.2, 0) is 20.6 Å². The Labute approximate surface area is 138 Å². The van der Waals surface area contributed by atoms with E-state index in [-0.39, 0.29) is 12.4 Å². The minimum atomic E-state index is -0.443. The summed E-state index contributed by atoms with van der Waals surface area (Å²) in [6, 6.07) is 4.51. The van der Waals surface area contributed by atoms with E-state index in [1.54, 1.807) is 17.7 Å². The Kier molecular flexibility index (Phi) is 3.71. The Morgan fingerprint density at radius 3 is 2.61 bits per heavy atom. The number of aryl methyl sites for hydroxylation is 2. The maximum Gasteiger partial charge on any atom is 0.332 e. The predicted molar refractivity (Wildman–Crippen MR) is 88.2 cm³/mol. The molecule has 0 N–H and O–H groups in total. The third kappa shape index (κ3) is 2.42. The Bertz CT molecular complexity index is 1050. The zero-order chi connectivity index (χ0) is 16.9. The summed E-state index contributed by atoms with van der Waals surface area (Å²) in [5.74, 6) is -0.341. The van der Waals surface area contributed by atoms with Crippen molar-refractivity contribution >= 4 is 27.1 Å². The summed E-state index contributed by atoms with van der Waals surface area (Å²) in [5.41, 5.74) is 1.35. The van der Waals surface area contributed by atoms with Crippen molar-refractivity contribution in [1.82, 2.24) is 18.7 Å². The fourth-order valence-corrected chi connectivity index (χ4v) is 3.02. The van der Waals surface area contributed by atoms with Gasteiger partial charge in [0.15, 0.2) is 15.9 Å². The third-order valence-corrected chi connectivity index (χ3v) is 4.55. The van der Waals surface area contributed by atoms with Crippen molar-refractivity contribution in [3.05, 3.63) is 60.7 Å². The highest BCUT2D eigenvalue weighted by molar-refractivity contribution is 9.10. The van der Waals surface area contributed by atoms with Crippen LogP contribution in [0.1, 0.15) is 11.1 Å². The quantitative estimate of drug-likeness (QED) is 0.635. The highest BCUT2D eigenvalue weighted by atomic mass is 79.9. The first kappa shape index (κ1) is 15.7. The van der Waals surface area contributed by atoms with E-state index in [0.717, 1.165) is 15.7 Å². The van der Waals surface area contributed by atoms with E-state index < -0.39 is 11.2 Å². The van der Waals surface area contributed by atoms with Crippen LogP contribution in [0.15, 0.2) is 32.5 Å². The van der Waals surface area contributed by atoms with Gasteiger partial charge in [-0.25, -0.2) is 14.2 Å². The number of benzene rings is 1.